The van der Waals surface area contributed by atoms with E-state index >= 15 is 0 Å². The molecule has 1 saturated heterocycles. The number of piperazine rings is 1. The van der Waals surface area contributed by atoms with Gasteiger partial charge in [-0.25, -0.2) is 9.97 Å². The standard InChI is InChI=1S/C18H24N6/c1-2-8-20-17-16(19)18(22-14-21-17)24-11-9-23(10-12-24)13-15-6-4-3-5-7-15/h2-7,14H,1,8-13,19H2,(H,20,21,22). The van der Waals surface area contributed by atoms with Crippen LogP contribution in [0, 0.1) is 0 Å². The number of aromatic nitrogens is 2. The van der Waals surface area contributed by atoms with E-state index in [-0.39, 0.29) is 0 Å². The smallest absolute Gasteiger partial charge is 0.157 e. The van der Waals surface area contributed by atoms with Crippen LogP contribution in [-0.4, -0.2) is 47.6 Å². The number of nitrogen functional groups attached to an aromatic ring is 1. The fraction of sp³-hybridized carbons (Fsp3) is 0.333. The van der Waals surface area contributed by atoms with E-state index in [0.29, 0.717) is 18.1 Å². The second kappa shape index (κ2) is 7.79. The van der Waals surface area contributed by atoms with Crippen LogP contribution < -0.4 is 16.0 Å². The Balaban J connectivity index is 1.61. The molecule has 0 saturated carbocycles. The van der Waals surface area contributed by atoms with Crippen LogP contribution in [0.2, 0.25) is 0 Å². The van der Waals surface area contributed by atoms with Gasteiger partial charge in [0.25, 0.3) is 0 Å². The van der Waals surface area contributed by atoms with Gasteiger partial charge in [-0.3, -0.25) is 4.90 Å². The van der Waals surface area contributed by atoms with E-state index in [4.69, 9.17) is 5.73 Å². The predicted molar refractivity (Wildman–Crippen MR) is 99.1 cm³/mol. The summed E-state index contributed by atoms with van der Waals surface area (Å²) in [6.07, 6.45) is 3.34. The SMILES string of the molecule is C=CCNc1ncnc(N2CCN(Cc3ccccc3)CC2)c1N. The molecular weight excluding hydrogens is 300 g/mol. The Hall–Kier alpha value is -2.60. The Morgan fingerprint density at radius 2 is 1.88 bits per heavy atom. The molecule has 0 bridgehead atoms. The Kier molecular flexibility index (Phi) is 5.28. The van der Waals surface area contributed by atoms with Crippen LogP contribution in [0.4, 0.5) is 17.3 Å². The molecule has 0 amide bonds. The molecule has 0 atom stereocenters. The molecule has 0 radical (unpaired) electrons. The topological polar surface area (TPSA) is 70.3 Å². The normalized spacial score (nSPS) is 15.2. The first-order valence-corrected chi connectivity index (χ1v) is 8.24. The zero-order valence-electron chi connectivity index (χ0n) is 13.9. The Morgan fingerprint density at radius 1 is 1.12 bits per heavy atom. The average molecular weight is 324 g/mol. The highest BCUT2D eigenvalue weighted by Gasteiger charge is 2.21. The fourth-order valence-electron chi connectivity index (χ4n) is 2.91. The number of hydrogen-bond acceptors (Lipinski definition) is 6. The molecule has 2 aromatic rings. The third-order valence-electron chi connectivity index (χ3n) is 4.20. The summed E-state index contributed by atoms with van der Waals surface area (Å²) in [5.74, 6) is 1.49. The van der Waals surface area contributed by atoms with Gasteiger partial charge >= 0.3 is 0 Å². The highest BCUT2D eigenvalue weighted by molar-refractivity contribution is 5.75. The van der Waals surface area contributed by atoms with Gasteiger partial charge in [0.2, 0.25) is 0 Å². The summed E-state index contributed by atoms with van der Waals surface area (Å²) in [6, 6.07) is 10.6. The molecule has 3 N–H and O–H groups in total. The van der Waals surface area contributed by atoms with Crippen LogP contribution in [0.1, 0.15) is 5.56 Å². The van der Waals surface area contributed by atoms with Crippen LogP contribution in [0.25, 0.3) is 0 Å². The third-order valence-corrected chi connectivity index (χ3v) is 4.20. The first-order valence-electron chi connectivity index (χ1n) is 8.24. The summed E-state index contributed by atoms with van der Waals surface area (Å²) in [4.78, 5) is 13.3. The van der Waals surface area contributed by atoms with Crippen LogP contribution in [0.3, 0.4) is 0 Å². The van der Waals surface area contributed by atoms with Crippen molar-refractivity contribution < 1.29 is 0 Å². The minimum Gasteiger partial charge on any atom is -0.393 e. The lowest BCUT2D eigenvalue weighted by Crippen LogP contribution is -2.46. The third kappa shape index (κ3) is 3.83. The van der Waals surface area contributed by atoms with Crippen molar-refractivity contribution in [3.8, 4) is 0 Å². The number of nitrogens with one attached hydrogen (secondary N) is 1. The molecular formula is C18H24N6. The summed E-state index contributed by atoms with van der Waals surface area (Å²) in [5.41, 5.74) is 8.19. The minimum atomic E-state index is 0.607. The minimum absolute atomic E-state index is 0.607. The molecule has 1 aliphatic rings. The van der Waals surface area contributed by atoms with Gasteiger partial charge in [0, 0.05) is 39.3 Å². The predicted octanol–water partition coefficient (Wildman–Crippen LogP) is 1.98. The van der Waals surface area contributed by atoms with Crippen molar-refractivity contribution >= 4 is 17.3 Å². The van der Waals surface area contributed by atoms with Gasteiger partial charge in [-0.05, 0) is 5.56 Å². The molecule has 24 heavy (non-hydrogen) atoms. The fourth-order valence-corrected chi connectivity index (χ4v) is 2.91. The van der Waals surface area contributed by atoms with Gasteiger partial charge in [-0.1, -0.05) is 36.4 Å². The van der Waals surface area contributed by atoms with Gasteiger partial charge in [-0.15, -0.1) is 6.58 Å². The monoisotopic (exact) mass is 324 g/mol. The van der Waals surface area contributed by atoms with Gasteiger partial charge in [0.15, 0.2) is 11.6 Å². The Morgan fingerprint density at radius 3 is 2.58 bits per heavy atom. The molecule has 6 heteroatoms. The molecule has 126 valence electrons. The molecule has 0 aliphatic carbocycles. The van der Waals surface area contributed by atoms with E-state index in [1.165, 1.54) is 5.56 Å². The molecule has 6 nitrogen and oxygen atoms in total. The van der Waals surface area contributed by atoms with E-state index in [2.05, 4.69) is 62.0 Å². The summed E-state index contributed by atoms with van der Waals surface area (Å²) in [5, 5.41) is 3.15. The van der Waals surface area contributed by atoms with E-state index < -0.39 is 0 Å². The van der Waals surface area contributed by atoms with Gasteiger partial charge < -0.3 is 16.0 Å². The van der Waals surface area contributed by atoms with Crippen LogP contribution in [0.15, 0.2) is 49.3 Å². The van der Waals surface area contributed by atoms with E-state index in [1.807, 2.05) is 0 Å². The van der Waals surface area contributed by atoms with E-state index in [9.17, 15) is 0 Å². The van der Waals surface area contributed by atoms with E-state index in [0.717, 1.165) is 38.5 Å². The quantitative estimate of drug-likeness (QED) is 0.792. The van der Waals surface area contributed by atoms with Crippen LogP contribution in [0.5, 0.6) is 0 Å². The zero-order chi connectivity index (χ0) is 16.8. The highest BCUT2D eigenvalue weighted by atomic mass is 15.3. The van der Waals surface area contributed by atoms with E-state index in [1.54, 1.807) is 12.4 Å². The second-order valence-electron chi connectivity index (χ2n) is 5.88. The van der Waals surface area contributed by atoms with Crippen molar-refractivity contribution in [1.29, 1.82) is 0 Å². The molecule has 1 aromatic carbocycles. The highest BCUT2D eigenvalue weighted by Crippen LogP contribution is 2.26. The molecule has 2 heterocycles. The van der Waals surface area contributed by atoms with Gasteiger partial charge in [0.1, 0.15) is 12.0 Å². The lowest BCUT2D eigenvalue weighted by Gasteiger charge is -2.36. The van der Waals surface area contributed by atoms with Crippen molar-refractivity contribution in [2.24, 2.45) is 0 Å². The van der Waals surface area contributed by atoms with Gasteiger partial charge in [0.05, 0.1) is 0 Å². The van der Waals surface area contributed by atoms with Crippen molar-refractivity contribution in [2.75, 3.05) is 48.7 Å². The number of nitrogens with zero attached hydrogens (tertiary/aromatic N) is 4. The van der Waals surface area contributed by atoms with Crippen molar-refractivity contribution in [3.63, 3.8) is 0 Å². The van der Waals surface area contributed by atoms with Crippen LogP contribution in [-0.2, 0) is 6.54 Å². The number of hydrogen-bond donors (Lipinski definition) is 2. The molecule has 0 spiro atoms. The maximum absolute atomic E-state index is 6.24. The van der Waals surface area contributed by atoms with Crippen molar-refractivity contribution in [3.05, 3.63) is 54.9 Å². The maximum Gasteiger partial charge on any atom is 0.157 e. The zero-order valence-corrected chi connectivity index (χ0v) is 13.9. The molecule has 1 fully saturated rings. The lowest BCUT2D eigenvalue weighted by molar-refractivity contribution is 0.249. The van der Waals surface area contributed by atoms with Gasteiger partial charge in [-0.2, -0.15) is 0 Å². The number of rotatable bonds is 6. The number of anilines is 3. The molecule has 3 rings (SSSR count). The first-order chi connectivity index (χ1) is 11.8. The molecule has 0 unspecified atom stereocenters. The van der Waals surface area contributed by atoms with Crippen molar-refractivity contribution in [1.82, 2.24) is 14.9 Å². The Bertz CT molecular complexity index is 664. The number of benzene rings is 1. The molecule has 1 aliphatic heterocycles. The summed E-state index contributed by atoms with van der Waals surface area (Å²) >= 11 is 0. The second-order valence-corrected chi connectivity index (χ2v) is 5.88. The maximum atomic E-state index is 6.24. The average Bonchev–Trinajstić information content (AvgIpc) is 2.63. The lowest BCUT2D eigenvalue weighted by atomic mass is 10.2. The summed E-state index contributed by atoms with van der Waals surface area (Å²) < 4.78 is 0. The molecule has 1 aromatic heterocycles. The largest absolute Gasteiger partial charge is 0.393 e. The first kappa shape index (κ1) is 16.3. The summed E-state index contributed by atoms with van der Waals surface area (Å²) in [6.45, 7) is 9.13. The number of nitrogens with two attached hydrogens (primary N) is 1. The Labute approximate surface area is 143 Å². The van der Waals surface area contributed by atoms with Crippen LogP contribution >= 0.6 is 0 Å². The van der Waals surface area contributed by atoms with Crippen molar-refractivity contribution in [2.45, 2.75) is 6.54 Å². The summed E-state index contributed by atoms with van der Waals surface area (Å²) in [7, 11) is 0.